The van der Waals surface area contributed by atoms with E-state index in [0.29, 0.717) is 28.5 Å². The topological polar surface area (TPSA) is 75.6 Å². The number of thiophene rings is 1. The Morgan fingerprint density at radius 3 is 2.56 bits per heavy atom. The van der Waals surface area contributed by atoms with Gasteiger partial charge in [0, 0.05) is 21.5 Å². The normalized spacial score (nSPS) is 10.4. The van der Waals surface area contributed by atoms with Crippen molar-refractivity contribution in [3.8, 4) is 16.9 Å². The van der Waals surface area contributed by atoms with Crippen molar-refractivity contribution in [3.63, 3.8) is 0 Å². The van der Waals surface area contributed by atoms with Crippen LogP contribution in [0.3, 0.4) is 0 Å². The Labute approximate surface area is 165 Å². The van der Waals surface area contributed by atoms with E-state index < -0.39 is 11.9 Å². The maximum Gasteiger partial charge on any atom is 0.339 e. The molecule has 0 atom stereocenters. The number of hydrogen-bond donors (Lipinski definition) is 2. The first-order valence-corrected chi connectivity index (χ1v) is 9.40. The van der Waals surface area contributed by atoms with Gasteiger partial charge in [0.15, 0.2) is 0 Å². The van der Waals surface area contributed by atoms with Crippen LogP contribution >= 0.6 is 22.9 Å². The Morgan fingerprint density at radius 1 is 1.19 bits per heavy atom. The molecule has 138 valence electrons. The lowest BCUT2D eigenvalue weighted by Crippen LogP contribution is -2.13. The van der Waals surface area contributed by atoms with Gasteiger partial charge in [-0.05, 0) is 42.8 Å². The van der Waals surface area contributed by atoms with Gasteiger partial charge in [-0.25, -0.2) is 4.79 Å². The smallest absolute Gasteiger partial charge is 0.339 e. The molecule has 1 aromatic heterocycles. The van der Waals surface area contributed by atoms with Crippen LogP contribution in [0.2, 0.25) is 5.02 Å². The highest BCUT2D eigenvalue weighted by atomic mass is 35.5. The number of nitrogens with one attached hydrogen (secondary N) is 1. The fourth-order valence-corrected chi connectivity index (χ4v) is 3.72. The first-order chi connectivity index (χ1) is 13.0. The van der Waals surface area contributed by atoms with Gasteiger partial charge in [-0.1, -0.05) is 29.8 Å². The average Bonchev–Trinajstić information content (AvgIpc) is 3.06. The van der Waals surface area contributed by atoms with E-state index in [-0.39, 0.29) is 10.6 Å². The van der Waals surface area contributed by atoms with Crippen molar-refractivity contribution in [2.45, 2.75) is 6.92 Å². The number of amides is 1. The van der Waals surface area contributed by atoms with Crippen molar-refractivity contribution < 1.29 is 19.4 Å². The quantitative estimate of drug-likeness (QED) is 0.578. The van der Waals surface area contributed by atoms with Gasteiger partial charge >= 0.3 is 5.97 Å². The third-order valence-electron chi connectivity index (χ3n) is 3.80. The molecule has 27 heavy (non-hydrogen) atoms. The minimum absolute atomic E-state index is 0.0551. The summed E-state index contributed by atoms with van der Waals surface area (Å²) >= 11 is 7.08. The predicted octanol–water partition coefficient (Wildman–Crippen LogP) is 5.42. The zero-order chi connectivity index (χ0) is 19.4. The molecule has 0 unspecified atom stereocenters. The molecular weight excluding hydrogens is 386 g/mol. The van der Waals surface area contributed by atoms with Gasteiger partial charge in [0.1, 0.15) is 16.3 Å². The highest BCUT2D eigenvalue weighted by molar-refractivity contribution is 7.15. The second-order valence-corrected chi connectivity index (χ2v) is 6.90. The Balaban J connectivity index is 1.91. The molecule has 0 saturated heterocycles. The third-order valence-corrected chi connectivity index (χ3v) is 4.93. The number of aromatic carboxylic acids is 1. The fourth-order valence-electron chi connectivity index (χ4n) is 2.58. The number of carboxylic acids is 1. The highest BCUT2D eigenvalue weighted by Crippen LogP contribution is 2.36. The molecule has 1 amide bonds. The van der Waals surface area contributed by atoms with Gasteiger partial charge in [0.25, 0.3) is 5.91 Å². The molecule has 0 aliphatic heterocycles. The van der Waals surface area contributed by atoms with Gasteiger partial charge in [-0.2, -0.15) is 0 Å². The SMILES string of the molecule is CCOc1ccc(-c2csc(NC(=O)c3cccc(Cl)c3)c2C(=O)O)cc1. The van der Waals surface area contributed by atoms with E-state index in [4.69, 9.17) is 16.3 Å². The second kappa shape index (κ2) is 8.24. The highest BCUT2D eigenvalue weighted by Gasteiger charge is 2.21. The van der Waals surface area contributed by atoms with E-state index >= 15 is 0 Å². The zero-order valence-corrected chi connectivity index (χ0v) is 15.9. The number of carboxylic acid groups (broad SMARTS) is 1. The number of halogens is 1. The van der Waals surface area contributed by atoms with Crippen molar-refractivity contribution in [3.05, 3.63) is 70.1 Å². The molecule has 0 saturated carbocycles. The van der Waals surface area contributed by atoms with Gasteiger partial charge in [0.2, 0.25) is 0 Å². The predicted molar refractivity (Wildman–Crippen MR) is 107 cm³/mol. The molecule has 2 aromatic carbocycles. The molecule has 1 heterocycles. The second-order valence-electron chi connectivity index (χ2n) is 5.58. The maximum atomic E-state index is 12.4. The summed E-state index contributed by atoms with van der Waals surface area (Å²) in [6.45, 7) is 2.45. The summed E-state index contributed by atoms with van der Waals surface area (Å²) in [5.74, 6) is -0.815. The molecule has 0 spiro atoms. The third kappa shape index (κ3) is 4.30. The van der Waals surface area contributed by atoms with E-state index in [9.17, 15) is 14.7 Å². The Kier molecular flexibility index (Phi) is 5.78. The molecule has 3 aromatic rings. The van der Waals surface area contributed by atoms with Crippen LogP contribution < -0.4 is 10.1 Å². The van der Waals surface area contributed by atoms with E-state index in [1.807, 2.05) is 6.92 Å². The van der Waals surface area contributed by atoms with Crippen LogP contribution in [0.1, 0.15) is 27.6 Å². The summed E-state index contributed by atoms with van der Waals surface area (Å²) in [5, 5.41) is 14.8. The number of hydrogen-bond acceptors (Lipinski definition) is 4. The molecule has 2 N–H and O–H groups in total. The van der Waals surface area contributed by atoms with Crippen molar-refractivity contribution >= 4 is 39.8 Å². The van der Waals surface area contributed by atoms with Gasteiger partial charge in [0.05, 0.1) is 6.61 Å². The van der Waals surface area contributed by atoms with Crippen LogP contribution in [0.15, 0.2) is 53.9 Å². The lowest BCUT2D eigenvalue weighted by atomic mass is 10.0. The molecule has 0 fully saturated rings. The zero-order valence-electron chi connectivity index (χ0n) is 14.4. The molecule has 0 radical (unpaired) electrons. The summed E-state index contributed by atoms with van der Waals surface area (Å²) in [5.41, 5.74) is 1.68. The molecule has 0 aliphatic rings. The van der Waals surface area contributed by atoms with E-state index in [2.05, 4.69) is 5.32 Å². The van der Waals surface area contributed by atoms with Crippen molar-refractivity contribution in [2.24, 2.45) is 0 Å². The number of carbonyl (C=O) groups is 2. The summed E-state index contributed by atoms with van der Waals surface area (Å²) in [7, 11) is 0. The lowest BCUT2D eigenvalue weighted by Gasteiger charge is -2.07. The standard InChI is InChI=1S/C20H16ClNO4S/c1-2-26-15-8-6-12(7-9-15)16-11-27-19(17(16)20(24)25)22-18(23)13-4-3-5-14(21)10-13/h3-11H,2H2,1H3,(H,22,23)(H,24,25). The van der Waals surface area contributed by atoms with Gasteiger partial charge in [-0.15, -0.1) is 11.3 Å². The molecule has 3 rings (SSSR count). The summed E-state index contributed by atoms with van der Waals surface area (Å²) in [6.07, 6.45) is 0. The number of rotatable bonds is 6. The number of carbonyl (C=O) groups excluding carboxylic acids is 1. The van der Waals surface area contributed by atoms with Crippen LogP contribution in [0.5, 0.6) is 5.75 Å². The summed E-state index contributed by atoms with van der Waals surface area (Å²) in [4.78, 5) is 24.3. The van der Waals surface area contributed by atoms with E-state index in [1.165, 1.54) is 6.07 Å². The largest absolute Gasteiger partial charge is 0.494 e. The summed E-state index contributed by atoms with van der Waals surface area (Å²) < 4.78 is 5.41. The van der Waals surface area contributed by atoms with Crippen LogP contribution in [-0.2, 0) is 0 Å². The molecule has 5 nitrogen and oxygen atoms in total. The minimum atomic E-state index is -1.11. The molecular formula is C20H16ClNO4S. The Bertz CT molecular complexity index is 982. The maximum absolute atomic E-state index is 12.4. The van der Waals surface area contributed by atoms with Crippen molar-refractivity contribution in [1.29, 1.82) is 0 Å². The number of benzene rings is 2. The van der Waals surface area contributed by atoms with Crippen LogP contribution in [0.4, 0.5) is 5.00 Å². The molecule has 0 aliphatic carbocycles. The first kappa shape index (κ1) is 18.9. The molecule has 0 bridgehead atoms. The summed E-state index contributed by atoms with van der Waals surface area (Å²) in [6, 6.07) is 13.6. The Morgan fingerprint density at radius 2 is 1.93 bits per heavy atom. The number of anilines is 1. The van der Waals surface area contributed by atoms with Gasteiger partial charge < -0.3 is 15.2 Å². The van der Waals surface area contributed by atoms with Crippen molar-refractivity contribution in [1.82, 2.24) is 0 Å². The fraction of sp³-hybridized carbons (Fsp3) is 0.100. The van der Waals surface area contributed by atoms with Crippen molar-refractivity contribution in [2.75, 3.05) is 11.9 Å². The van der Waals surface area contributed by atoms with Gasteiger partial charge in [-0.3, -0.25) is 4.79 Å². The number of ether oxygens (including phenoxy) is 1. The van der Waals surface area contributed by atoms with Crippen LogP contribution in [0.25, 0.3) is 11.1 Å². The first-order valence-electron chi connectivity index (χ1n) is 8.14. The average molecular weight is 402 g/mol. The van der Waals surface area contributed by atoms with Crippen LogP contribution in [-0.4, -0.2) is 23.6 Å². The molecule has 7 heteroatoms. The van der Waals surface area contributed by atoms with E-state index in [0.717, 1.165) is 16.9 Å². The lowest BCUT2D eigenvalue weighted by molar-refractivity contribution is 0.0699. The van der Waals surface area contributed by atoms with E-state index in [1.54, 1.807) is 47.8 Å². The Hall–Kier alpha value is -2.83. The minimum Gasteiger partial charge on any atom is -0.494 e. The monoisotopic (exact) mass is 401 g/mol. The van der Waals surface area contributed by atoms with Crippen LogP contribution in [0, 0.1) is 0 Å².